The number of aliphatic imine (C=N–C) groups is 1. The molecule has 0 amide bonds. The average Bonchev–Trinajstić information content (AvgIpc) is 1.87. The molecular weight excluding hydrogens is 108 g/mol. The second kappa shape index (κ2) is 1.74. The van der Waals surface area contributed by atoms with Crippen LogP contribution in [0.4, 0.5) is 0 Å². The van der Waals surface area contributed by atoms with Crippen LogP contribution in [-0.2, 0) is 0 Å². The first-order valence-electron chi connectivity index (χ1n) is 2.23. The molecule has 3 heteroatoms. The molecule has 0 fully saturated rings. The fourth-order valence-corrected chi connectivity index (χ4v) is 1.21. The Balaban J connectivity index is 2.50. The van der Waals surface area contributed by atoms with Gasteiger partial charge in [0.05, 0.1) is 11.1 Å². The normalized spacial score (nSPS) is 30.4. The van der Waals surface area contributed by atoms with Crippen molar-refractivity contribution >= 4 is 17.6 Å². The minimum Gasteiger partial charge on any atom is -0.387 e. The Morgan fingerprint density at radius 2 is 2.71 bits per heavy atom. The maximum Gasteiger partial charge on any atom is 0.105 e. The van der Waals surface area contributed by atoms with Crippen LogP contribution in [0.15, 0.2) is 4.99 Å². The van der Waals surface area contributed by atoms with Gasteiger partial charge in [0.25, 0.3) is 0 Å². The summed E-state index contributed by atoms with van der Waals surface area (Å²) < 4.78 is 0. The molecular formula is C4H8N2S. The topological polar surface area (TPSA) is 38.4 Å². The number of rotatable bonds is 0. The van der Waals surface area contributed by atoms with Gasteiger partial charge in [-0.2, -0.15) is 0 Å². The lowest BCUT2D eigenvalue weighted by molar-refractivity contribution is 1.06. The molecule has 0 saturated carbocycles. The van der Waals surface area contributed by atoms with Gasteiger partial charge in [0.1, 0.15) is 5.84 Å². The summed E-state index contributed by atoms with van der Waals surface area (Å²) in [7, 11) is 0. The summed E-state index contributed by atoms with van der Waals surface area (Å²) in [4.78, 5) is 4.05. The third kappa shape index (κ3) is 1.09. The molecule has 2 nitrogen and oxygen atoms in total. The van der Waals surface area contributed by atoms with E-state index in [2.05, 4.69) is 4.99 Å². The van der Waals surface area contributed by atoms with Crippen molar-refractivity contribution < 1.29 is 0 Å². The largest absolute Gasteiger partial charge is 0.387 e. The summed E-state index contributed by atoms with van der Waals surface area (Å²) in [6.07, 6.45) is 0. The Bertz CT molecular complexity index is 99.9. The smallest absolute Gasteiger partial charge is 0.105 e. The Morgan fingerprint density at radius 3 is 2.86 bits per heavy atom. The van der Waals surface area contributed by atoms with E-state index in [1.807, 2.05) is 6.92 Å². The maximum absolute atomic E-state index is 5.35. The lowest BCUT2D eigenvalue weighted by Gasteiger charge is -1.88. The van der Waals surface area contributed by atoms with Crippen LogP contribution >= 0.6 is 11.8 Å². The van der Waals surface area contributed by atoms with Gasteiger partial charge in [-0.1, -0.05) is 0 Å². The molecule has 1 atom stereocenters. The summed E-state index contributed by atoms with van der Waals surface area (Å²) in [5.41, 5.74) is 5.35. The molecule has 0 aromatic heterocycles. The second-order valence-electron chi connectivity index (χ2n) is 1.53. The van der Waals surface area contributed by atoms with E-state index in [0.29, 0.717) is 5.37 Å². The van der Waals surface area contributed by atoms with Crippen LogP contribution in [0.3, 0.4) is 0 Å². The van der Waals surface area contributed by atoms with Gasteiger partial charge in [0.15, 0.2) is 0 Å². The van der Waals surface area contributed by atoms with Gasteiger partial charge in [-0.15, -0.1) is 11.8 Å². The van der Waals surface area contributed by atoms with E-state index in [1.54, 1.807) is 11.8 Å². The van der Waals surface area contributed by atoms with Crippen LogP contribution in [0.2, 0.25) is 0 Å². The Morgan fingerprint density at radius 1 is 2.00 bits per heavy atom. The van der Waals surface area contributed by atoms with Crippen molar-refractivity contribution in [1.82, 2.24) is 0 Å². The number of nitrogens with two attached hydrogens (primary N) is 1. The third-order valence-electron chi connectivity index (χ3n) is 0.820. The molecule has 1 unspecified atom stereocenters. The molecule has 2 N–H and O–H groups in total. The van der Waals surface area contributed by atoms with E-state index >= 15 is 0 Å². The van der Waals surface area contributed by atoms with Crippen LogP contribution in [0.5, 0.6) is 0 Å². The highest BCUT2D eigenvalue weighted by Gasteiger charge is 2.08. The summed E-state index contributed by atoms with van der Waals surface area (Å²) in [5.74, 6) is 1.71. The van der Waals surface area contributed by atoms with Gasteiger partial charge in [0.2, 0.25) is 0 Å². The van der Waals surface area contributed by atoms with Crippen molar-refractivity contribution in [1.29, 1.82) is 0 Å². The molecule has 0 spiro atoms. The lowest BCUT2D eigenvalue weighted by atomic mass is 10.7. The molecule has 40 valence electrons. The van der Waals surface area contributed by atoms with E-state index < -0.39 is 0 Å². The van der Waals surface area contributed by atoms with Crippen molar-refractivity contribution in [2.75, 3.05) is 5.75 Å². The van der Waals surface area contributed by atoms with E-state index in [1.165, 1.54) is 0 Å². The Kier molecular flexibility index (Phi) is 1.23. The summed E-state index contributed by atoms with van der Waals surface area (Å²) in [6, 6.07) is 0. The van der Waals surface area contributed by atoms with Gasteiger partial charge in [-0.3, -0.25) is 4.99 Å². The van der Waals surface area contributed by atoms with Crippen molar-refractivity contribution in [2.45, 2.75) is 12.3 Å². The van der Waals surface area contributed by atoms with Crippen LogP contribution in [0.25, 0.3) is 0 Å². The van der Waals surface area contributed by atoms with E-state index in [-0.39, 0.29) is 0 Å². The van der Waals surface area contributed by atoms with Crippen molar-refractivity contribution in [3.8, 4) is 0 Å². The van der Waals surface area contributed by atoms with E-state index in [4.69, 9.17) is 5.73 Å². The summed E-state index contributed by atoms with van der Waals surface area (Å²) >= 11 is 1.78. The molecule has 1 rings (SSSR count). The molecule has 0 saturated heterocycles. The Labute approximate surface area is 47.2 Å². The highest BCUT2D eigenvalue weighted by atomic mass is 32.2. The van der Waals surface area contributed by atoms with Gasteiger partial charge in [0, 0.05) is 0 Å². The standard InChI is InChI=1S/C4H8N2S/c1-3-6-4(5)2-7-3/h3H,2H2,1H3,(H2,5,6). The second-order valence-corrected chi connectivity index (χ2v) is 2.83. The molecule has 0 radical (unpaired) electrons. The SMILES string of the molecule is CC1N=C(N)CS1. The number of nitrogens with zero attached hydrogens (tertiary/aromatic N) is 1. The van der Waals surface area contributed by atoms with Gasteiger partial charge < -0.3 is 5.73 Å². The predicted octanol–water partition coefficient (Wildman–Crippen LogP) is 0.436. The fourth-order valence-electron chi connectivity index (χ4n) is 0.514. The number of amidine groups is 1. The fraction of sp³-hybridized carbons (Fsp3) is 0.750. The molecule has 0 bridgehead atoms. The van der Waals surface area contributed by atoms with Crippen molar-refractivity contribution in [3.05, 3.63) is 0 Å². The van der Waals surface area contributed by atoms with Crippen LogP contribution in [0.1, 0.15) is 6.92 Å². The van der Waals surface area contributed by atoms with Crippen LogP contribution in [0, 0.1) is 0 Å². The minimum absolute atomic E-state index is 0.403. The monoisotopic (exact) mass is 116 g/mol. The Hall–Kier alpha value is -0.180. The predicted molar refractivity (Wildman–Crippen MR) is 33.5 cm³/mol. The van der Waals surface area contributed by atoms with E-state index in [9.17, 15) is 0 Å². The molecule has 1 aliphatic heterocycles. The van der Waals surface area contributed by atoms with Crippen LogP contribution in [-0.4, -0.2) is 17.0 Å². The van der Waals surface area contributed by atoms with E-state index in [0.717, 1.165) is 11.6 Å². The first-order chi connectivity index (χ1) is 3.29. The zero-order valence-electron chi connectivity index (χ0n) is 4.22. The number of hydrogen-bond acceptors (Lipinski definition) is 3. The zero-order chi connectivity index (χ0) is 5.28. The first kappa shape index (κ1) is 4.97. The number of thioether (sulfide) groups is 1. The molecule has 0 aromatic carbocycles. The maximum atomic E-state index is 5.35. The quantitative estimate of drug-likeness (QED) is 0.498. The third-order valence-corrected chi connectivity index (χ3v) is 1.87. The minimum atomic E-state index is 0.403. The van der Waals surface area contributed by atoms with Crippen LogP contribution < -0.4 is 5.73 Å². The zero-order valence-corrected chi connectivity index (χ0v) is 5.03. The molecule has 7 heavy (non-hydrogen) atoms. The summed E-state index contributed by atoms with van der Waals surface area (Å²) in [5, 5.41) is 0.403. The average molecular weight is 116 g/mol. The van der Waals surface area contributed by atoms with Gasteiger partial charge in [-0.25, -0.2) is 0 Å². The van der Waals surface area contributed by atoms with Gasteiger partial charge >= 0.3 is 0 Å². The highest BCUT2D eigenvalue weighted by Crippen LogP contribution is 2.16. The number of hydrogen-bond donors (Lipinski definition) is 1. The first-order valence-corrected chi connectivity index (χ1v) is 3.27. The highest BCUT2D eigenvalue weighted by molar-refractivity contribution is 8.00. The van der Waals surface area contributed by atoms with Crippen molar-refractivity contribution in [2.24, 2.45) is 10.7 Å². The summed E-state index contributed by atoms with van der Waals surface area (Å²) in [6.45, 7) is 2.05. The molecule has 1 aliphatic rings. The molecule has 0 aromatic rings. The molecule has 0 aliphatic carbocycles. The molecule has 1 heterocycles. The van der Waals surface area contributed by atoms with Gasteiger partial charge in [-0.05, 0) is 6.92 Å². The lowest BCUT2D eigenvalue weighted by Crippen LogP contribution is -2.09. The van der Waals surface area contributed by atoms with Crippen molar-refractivity contribution in [3.63, 3.8) is 0 Å².